The first kappa shape index (κ1) is 26.2. The van der Waals surface area contributed by atoms with Gasteiger partial charge in [-0.15, -0.1) is 0 Å². The van der Waals surface area contributed by atoms with E-state index in [4.69, 9.17) is 25.8 Å². The number of sulfonamides is 1. The number of hydrogen-bond acceptors (Lipinski definition) is 6. The normalized spacial score (nSPS) is 11.0. The number of rotatable bonds is 10. The predicted octanol–water partition coefficient (Wildman–Crippen LogP) is 4.22. The lowest BCUT2D eigenvalue weighted by Crippen LogP contribution is -2.41. The van der Waals surface area contributed by atoms with Gasteiger partial charge in [-0.05, 0) is 60.2 Å². The molecule has 0 bridgehead atoms. The second-order valence-corrected chi connectivity index (χ2v) is 9.90. The number of carbonyl (C=O) groups excluding carboxylic acids is 1. The number of amides is 1. The molecule has 0 aliphatic heterocycles. The van der Waals surface area contributed by atoms with E-state index in [0.29, 0.717) is 22.3 Å². The summed E-state index contributed by atoms with van der Waals surface area (Å²) >= 11 is 6.13. The van der Waals surface area contributed by atoms with Gasteiger partial charge >= 0.3 is 0 Å². The lowest BCUT2D eigenvalue weighted by Gasteiger charge is -2.27. The highest BCUT2D eigenvalue weighted by Crippen LogP contribution is 2.29. The molecule has 3 aromatic rings. The highest BCUT2D eigenvalue weighted by molar-refractivity contribution is 7.92. The van der Waals surface area contributed by atoms with Crippen LogP contribution in [0.25, 0.3) is 0 Å². The maximum absolute atomic E-state index is 13.6. The number of benzene rings is 3. The Kier molecular flexibility index (Phi) is 8.48. The predicted molar refractivity (Wildman–Crippen MR) is 135 cm³/mol. The van der Waals surface area contributed by atoms with Crippen LogP contribution in [-0.4, -0.2) is 54.1 Å². The fourth-order valence-corrected chi connectivity index (χ4v) is 5.00. The summed E-state index contributed by atoms with van der Waals surface area (Å²) < 4.78 is 43.9. The Balaban J connectivity index is 1.89. The minimum atomic E-state index is -4.08. The standard InChI is InChI=1S/C25H27ClN2O6S/c1-27(16-18-8-13-23(33-3)24(14-18)34-4)25(29)17-28(20-7-5-6-19(26)15-20)35(30,31)22-11-9-21(32-2)10-12-22/h5-15H,16-17H2,1-4H3. The average Bonchev–Trinajstić information content (AvgIpc) is 2.86. The van der Waals surface area contributed by atoms with Gasteiger partial charge in [-0.2, -0.15) is 0 Å². The van der Waals surface area contributed by atoms with Gasteiger partial charge in [0.15, 0.2) is 11.5 Å². The van der Waals surface area contributed by atoms with Gasteiger partial charge in [-0.3, -0.25) is 9.10 Å². The molecule has 3 rings (SSSR count). The van der Waals surface area contributed by atoms with Crippen LogP contribution < -0.4 is 18.5 Å². The van der Waals surface area contributed by atoms with E-state index in [9.17, 15) is 13.2 Å². The van der Waals surface area contributed by atoms with E-state index in [1.54, 1.807) is 56.6 Å². The average molecular weight is 519 g/mol. The fourth-order valence-electron chi connectivity index (χ4n) is 3.41. The minimum Gasteiger partial charge on any atom is -0.497 e. The minimum absolute atomic E-state index is 0.0219. The second-order valence-electron chi connectivity index (χ2n) is 7.61. The molecule has 8 nitrogen and oxygen atoms in total. The van der Waals surface area contributed by atoms with Crippen LogP contribution in [0.1, 0.15) is 5.56 Å². The van der Waals surface area contributed by atoms with Gasteiger partial charge in [-0.1, -0.05) is 23.7 Å². The van der Waals surface area contributed by atoms with E-state index in [0.717, 1.165) is 9.87 Å². The SMILES string of the molecule is COc1ccc(S(=O)(=O)N(CC(=O)N(C)Cc2ccc(OC)c(OC)c2)c2cccc(Cl)c2)cc1. The molecule has 10 heteroatoms. The number of hydrogen-bond donors (Lipinski definition) is 0. The number of likely N-dealkylation sites (N-methyl/N-ethyl adjacent to an activating group) is 1. The summed E-state index contributed by atoms with van der Waals surface area (Å²) in [4.78, 5) is 14.7. The largest absolute Gasteiger partial charge is 0.497 e. The van der Waals surface area contributed by atoms with E-state index in [1.165, 1.54) is 37.3 Å². The zero-order valence-electron chi connectivity index (χ0n) is 19.9. The lowest BCUT2D eigenvalue weighted by molar-refractivity contribution is -0.128. The van der Waals surface area contributed by atoms with Crippen LogP contribution in [0.5, 0.6) is 17.2 Å². The number of halogens is 1. The summed E-state index contributed by atoms with van der Waals surface area (Å²) in [6.45, 7) is -0.177. The van der Waals surface area contributed by atoms with Crippen LogP contribution in [0, 0.1) is 0 Å². The van der Waals surface area contributed by atoms with Gasteiger partial charge in [0.1, 0.15) is 12.3 Å². The van der Waals surface area contributed by atoms with Crippen molar-refractivity contribution < 1.29 is 27.4 Å². The molecule has 0 saturated carbocycles. The zero-order chi connectivity index (χ0) is 25.6. The highest BCUT2D eigenvalue weighted by Gasteiger charge is 2.28. The third-order valence-corrected chi connectivity index (χ3v) is 7.34. The summed E-state index contributed by atoms with van der Waals surface area (Å²) in [6, 6.07) is 17.7. The van der Waals surface area contributed by atoms with E-state index in [2.05, 4.69) is 0 Å². The molecule has 3 aromatic carbocycles. The third kappa shape index (κ3) is 6.17. The van der Waals surface area contributed by atoms with Crippen molar-refractivity contribution in [1.82, 2.24) is 4.90 Å². The van der Waals surface area contributed by atoms with Crippen molar-refractivity contribution >= 4 is 33.2 Å². The van der Waals surface area contributed by atoms with Gasteiger partial charge in [0, 0.05) is 18.6 Å². The molecule has 0 radical (unpaired) electrons. The lowest BCUT2D eigenvalue weighted by atomic mass is 10.2. The quantitative estimate of drug-likeness (QED) is 0.399. The Morgan fingerprint density at radius 1 is 0.886 bits per heavy atom. The van der Waals surface area contributed by atoms with Crippen LogP contribution in [0.15, 0.2) is 71.6 Å². The van der Waals surface area contributed by atoms with E-state index in [-0.39, 0.29) is 17.1 Å². The van der Waals surface area contributed by atoms with Gasteiger partial charge in [-0.25, -0.2) is 8.42 Å². The Labute approximate surface area is 210 Å². The molecule has 0 aromatic heterocycles. The molecule has 0 aliphatic rings. The van der Waals surface area contributed by atoms with E-state index in [1.807, 2.05) is 6.07 Å². The summed E-state index contributed by atoms with van der Waals surface area (Å²) in [5, 5.41) is 0.351. The molecule has 0 N–H and O–H groups in total. The van der Waals surface area contributed by atoms with Crippen LogP contribution in [0.3, 0.4) is 0 Å². The van der Waals surface area contributed by atoms with Gasteiger partial charge in [0.25, 0.3) is 10.0 Å². The summed E-state index contributed by atoms with van der Waals surface area (Å²) in [5.74, 6) is 1.22. The first-order valence-electron chi connectivity index (χ1n) is 10.6. The Morgan fingerprint density at radius 3 is 2.17 bits per heavy atom. The summed E-state index contributed by atoms with van der Waals surface area (Å²) in [7, 11) is 2.09. The molecule has 0 saturated heterocycles. The third-order valence-electron chi connectivity index (χ3n) is 5.32. The first-order chi connectivity index (χ1) is 16.7. The van der Waals surface area contributed by atoms with Crippen molar-refractivity contribution in [2.45, 2.75) is 11.4 Å². The maximum atomic E-state index is 13.6. The Morgan fingerprint density at radius 2 is 1.57 bits per heavy atom. The molecule has 0 spiro atoms. The number of anilines is 1. The van der Waals surface area contributed by atoms with Crippen molar-refractivity contribution in [2.75, 3.05) is 39.2 Å². The van der Waals surface area contributed by atoms with Crippen LogP contribution >= 0.6 is 11.6 Å². The van der Waals surface area contributed by atoms with Crippen LogP contribution in [-0.2, 0) is 21.4 Å². The van der Waals surface area contributed by atoms with Gasteiger partial charge in [0.2, 0.25) is 5.91 Å². The molecule has 35 heavy (non-hydrogen) atoms. The molecule has 0 unspecified atom stereocenters. The number of ether oxygens (including phenoxy) is 3. The molecule has 0 aliphatic carbocycles. The molecular formula is C25H27ClN2O6S. The summed E-state index contributed by atoms with van der Waals surface area (Å²) in [6.07, 6.45) is 0. The summed E-state index contributed by atoms with van der Waals surface area (Å²) in [5.41, 5.74) is 1.08. The van der Waals surface area contributed by atoms with Crippen molar-refractivity contribution in [1.29, 1.82) is 0 Å². The maximum Gasteiger partial charge on any atom is 0.264 e. The fraction of sp³-hybridized carbons (Fsp3) is 0.240. The van der Waals surface area contributed by atoms with Crippen molar-refractivity contribution in [3.05, 3.63) is 77.3 Å². The Hall–Kier alpha value is -3.43. The van der Waals surface area contributed by atoms with Crippen molar-refractivity contribution in [2.24, 2.45) is 0 Å². The number of methoxy groups -OCH3 is 3. The highest BCUT2D eigenvalue weighted by atomic mass is 35.5. The molecule has 0 heterocycles. The zero-order valence-corrected chi connectivity index (χ0v) is 21.5. The van der Waals surface area contributed by atoms with E-state index >= 15 is 0 Å². The van der Waals surface area contributed by atoms with E-state index < -0.39 is 22.5 Å². The molecule has 186 valence electrons. The molecule has 1 amide bonds. The number of carbonyl (C=O) groups is 1. The molecular weight excluding hydrogens is 492 g/mol. The first-order valence-corrected chi connectivity index (χ1v) is 12.4. The monoisotopic (exact) mass is 518 g/mol. The van der Waals surface area contributed by atoms with Crippen molar-refractivity contribution in [3.63, 3.8) is 0 Å². The topological polar surface area (TPSA) is 85.4 Å². The van der Waals surface area contributed by atoms with Gasteiger partial charge in [0.05, 0.1) is 31.9 Å². The van der Waals surface area contributed by atoms with Crippen LogP contribution in [0.2, 0.25) is 5.02 Å². The number of nitrogens with zero attached hydrogens (tertiary/aromatic N) is 2. The molecule has 0 atom stereocenters. The molecule has 0 fully saturated rings. The van der Waals surface area contributed by atoms with Gasteiger partial charge < -0.3 is 19.1 Å². The Bertz CT molecular complexity index is 1280. The van der Waals surface area contributed by atoms with Crippen LogP contribution in [0.4, 0.5) is 5.69 Å². The second kappa shape index (κ2) is 11.3. The van der Waals surface area contributed by atoms with Crippen molar-refractivity contribution in [3.8, 4) is 17.2 Å². The smallest absolute Gasteiger partial charge is 0.264 e.